The summed E-state index contributed by atoms with van der Waals surface area (Å²) in [6, 6.07) is 7.84. The molecule has 134 valence electrons. The van der Waals surface area contributed by atoms with E-state index in [4.69, 9.17) is 28.9 Å². The van der Waals surface area contributed by atoms with E-state index in [0.717, 1.165) is 12.1 Å². The fraction of sp³-hybridized carbons (Fsp3) is 0.0588. The Morgan fingerprint density at radius 1 is 1.12 bits per heavy atom. The zero-order valence-corrected chi connectivity index (χ0v) is 14.4. The first-order valence-corrected chi connectivity index (χ1v) is 7.93. The van der Waals surface area contributed by atoms with E-state index in [0.29, 0.717) is 5.02 Å². The monoisotopic (exact) mass is 399 g/mol. The molecule has 0 radical (unpaired) electrons. The lowest BCUT2D eigenvalue weighted by atomic mass is 10.1. The second-order valence-electron chi connectivity index (χ2n) is 5.39. The zero-order chi connectivity index (χ0) is 19.1. The molecule has 0 aliphatic rings. The number of benzene rings is 2. The number of anilines is 1. The number of nitrogens with two attached hydrogens (primary N) is 1. The Bertz CT molecular complexity index is 999. The summed E-state index contributed by atoms with van der Waals surface area (Å²) in [6.45, 7) is 0. The van der Waals surface area contributed by atoms with Crippen LogP contribution >= 0.6 is 23.2 Å². The summed E-state index contributed by atoms with van der Waals surface area (Å²) in [7, 11) is 0. The first-order chi connectivity index (χ1) is 12.2. The predicted octanol–water partition coefficient (Wildman–Crippen LogP) is 5.01. The summed E-state index contributed by atoms with van der Waals surface area (Å²) in [5, 5.41) is -0.0844. The summed E-state index contributed by atoms with van der Waals surface area (Å²) < 4.78 is 40.3. The average Bonchev–Trinajstić information content (AvgIpc) is 3.06. The van der Waals surface area contributed by atoms with Gasteiger partial charge < -0.3 is 10.3 Å². The van der Waals surface area contributed by atoms with Crippen LogP contribution < -0.4 is 5.73 Å². The van der Waals surface area contributed by atoms with Crippen molar-refractivity contribution in [3.63, 3.8) is 0 Å². The summed E-state index contributed by atoms with van der Waals surface area (Å²) in [5.74, 6) is -0.492. The topological polar surface area (TPSA) is 60.9 Å². The lowest BCUT2D eigenvalue weighted by Gasteiger charge is -2.11. The number of imidazole rings is 1. The number of hydrogen-bond acceptors (Lipinski definition) is 3. The Kier molecular flexibility index (Phi) is 4.68. The molecule has 1 aromatic heterocycles. The smallest absolute Gasteiger partial charge is 0.398 e. The molecule has 0 fully saturated rings. The van der Waals surface area contributed by atoms with Crippen molar-refractivity contribution < 1.29 is 18.0 Å². The number of halogens is 5. The van der Waals surface area contributed by atoms with Gasteiger partial charge in [0.05, 0.1) is 10.6 Å². The van der Waals surface area contributed by atoms with E-state index in [2.05, 4.69) is 4.98 Å². The molecule has 9 heteroatoms. The minimum absolute atomic E-state index is 0.0162. The van der Waals surface area contributed by atoms with Crippen molar-refractivity contribution in [3.05, 3.63) is 75.8 Å². The second kappa shape index (κ2) is 6.66. The van der Waals surface area contributed by atoms with Gasteiger partial charge in [0.1, 0.15) is 12.0 Å². The molecule has 3 aromatic rings. The quantitative estimate of drug-likeness (QED) is 0.497. The van der Waals surface area contributed by atoms with E-state index >= 15 is 0 Å². The van der Waals surface area contributed by atoms with Crippen LogP contribution in [0, 0.1) is 0 Å². The molecule has 0 spiro atoms. The van der Waals surface area contributed by atoms with E-state index in [9.17, 15) is 18.0 Å². The summed E-state index contributed by atoms with van der Waals surface area (Å²) in [4.78, 5) is 16.5. The average molecular weight is 400 g/mol. The molecule has 2 N–H and O–H groups in total. The Labute approximate surface area is 156 Å². The maximum absolute atomic E-state index is 13.0. The van der Waals surface area contributed by atoms with Crippen LogP contribution in [-0.4, -0.2) is 15.3 Å². The largest absolute Gasteiger partial charge is 0.417 e. The third-order valence-corrected chi connectivity index (χ3v) is 4.19. The van der Waals surface area contributed by atoms with Crippen LogP contribution in [0.3, 0.4) is 0 Å². The minimum atomic E-state index is -4.60. The van der Waals surface area contributed by atoms with Crippen molar-refractivity contribution in [1.82, 2.24) is 9.55 Å². The number of carbonyl (C=O) groups is 1. The van der Waals surface area contributed by atoms with Crippen LogP contribution in [0.1, 0.15) is 21.6 Å². The molecule has 26 heavy (non-hydrogen) atoms. The molecule has 0 bridgehead atoms. The van der Waals surface area contributed by atoms with Gasteiger partial charge in [-0.15, -0.1) is 0 Å². The molecule has 0 aliphatic carbocycles. The molecule has 0 atom stereocenters. The number of nitrogens with zero attached hydrogens (tertiary/aromatic N) is 2. The summed E-state index contributed by atoms with van der Waals surface area (Å²) >= 11 is 11.5. The Morgan fingerprint density at radius 2 is 1.85 bits per heavy atom. The molecule has 0 aliphatic heterocycles. The van der Waals surface area contributed by atoms with Crippen LogP contribution in [0.25, 0.3) is 5.69 Å². The van der Waals surface area contributed by atoms with Gasteiger partial charge in [-0.3, -0.25) is 4.79 Å². The van der Waals surface area contributed by atoms with Gasteiger partial charge in [-0.25, -0.2) is 4.98 Å². The number of nitrogen functional groups attached to an aromatic ring is 1. The van der Waals surface area contributed by atoms with E-state index < -0.39 is 22.5 Å². The number of hydrogen-bond donors (Lipinski definition) is 1. The number of carbonyl (C=O) groups excluding carboxylic acids is 1. The molecule has 4 nitrogen and oxygen atoms in total. The molecule has 0 amide bonds. The fourth-order valence-corrected chi connectivity index (χ4v) is 2.73. The summed E-state index contributed by atoms with van der Waals surface area (Å²) in [5.41, 5.74) is 5.36. The summed E-state index contributed by atoms with van der Waals surface area (Å²) in [6.07, 6.45) is -2.05. The standard InChI is InChI=1S/C17H10Cl2F3N3O/c18-9-1-4-14(23)11(5-9)16(26)15-7-25(8-24-15)10-2-3-13(19)12(6-10)17(20,21)22/h1-8H,23H2. The van der Waals surface area contributed by atoms with Crippen LogP contribution in [0.5, 0.6) is 0 Å². The van der Waals surface area contributed by atoms with E-state index in [1.54, 1.807) is 6.07 Å². The van der Waals surface area contributed by atoms with Crippen molar-refractivity contribution in [1.29, 1.82) is 0 Å². The second-order valence-corrected chi connectivity index (χ2v) is 6.23. The van der Waals surface area contributed by atoms with Gasteiger partial charge in [0, 0.05) is 28.2 Å². The highest BCUT2D eigenvalue weighted by molar-refractivity contribution is 6.31. The van der Waals surface area contributed by atoms with Crippen LogP contribution in [0.2, 0.25) is 10.0 Å². The molecule has 0 saturated carbocycles. The molecular weight excluding hydrogens is 390 g/mol. The van der Waals surface area contributed by atoms with Crippen molar-refractivity contribution in [3.8, 4) is 5.69 Å². The SMILES string of the molecule is Nc1ccc(Cl)cc1C(=O)c1cn(-c2ccc(Cl)c(C(F)(F)F)c2)cn1. The third kappa shape index (κ3) is 3.54. The van der Waals surface area contributed by atoms with Crippen molar-refractivity contribution in [2.75, 3.05) is 5.73 Å². The highest BCUT2D eigenvalue weighted by Gasteiger charge is 2.33. The van der Waals surface area contributed by atoms with Gasteiger partial charge in [-0.2, -0.15) is 13.2 Å². The fourth-order valence-electron chi connectivity index (χ4n) is 2.34. The van der Waals surface area contributed by atoms with E-state index in [1.165, 1.54) is 35.3 Å². The van der Waals surface area contributed by atoms with Crippen molar-refractivity contribution in [2.24, 2.45) is 0 Å². The number of rotatable bonds is 3. The van der Waals surface area contributed by atoms with E-state index in [1.807, 2.05) is 0 Å². The first-order valence-electron chi connectivity index (χ1n) is 7.17. The van der Waals surface area contributed by atoms with Crippen LogP contribution in [0.4, 0.5) is 18.9 Å². The molecule has 1 heterocycles. The molecule has 3 rings (SSSR count). The van der Waals surface area contributed by atoms with Gasteiger partial charge >= 0.3 is 6.18 Å². The molecular formula is C17H10Cl2F3N3O. The van der Waals surface area contributed by atoms with Gasteiger partial charge in [-0.1, -0.05) is 23.2 Å². The number of ketones is 1. The normalized spacial score (nSPS) is 11.6. The number of alkyl halides is 3. The highest BCUT2D eigenvalue weighted by atomic mass is 35.5. The van der Waals surface area contributed by atoms with Gasteiger partial charge in [0.15, 0.2) is 0 Å². The number of aromatic nitrogens is 2. The lowest BCUT2D eigenvalue weighted by molar-refractivity contribution is -0.137. The van der Waals surface area contributed by atoms with E-state index in [-0.39, 0.29) is 22.6 Å². The van der Waals surface area contributed by atoms with Crippen molar-refractivity contribution in [2.45, 2.75) is 6.18 Å². The maximum atomic E-state index is 13.0. The lowest BCUT2D eigenvalue weighted by Crippen LogP contribution is -2.07. The van der Waals surface area contributed by atoms with Gasteiger partial charge in [-0.05, 0) is 36.4 Å². The molecule has 2 aromatic carbocycles. The Balaban J connectivity index is 1.98. The predicted molar refractivity (Wildman–Crippen MR) is 92.9 cm³/mol. The van der Waals surface area contributed by atoms with Crippen LogP contribution in [0.15, 0.2) is 48.9 Å². The molecule has 0 saturated heterocycles. The first kappa shape index (κ1) is 18.3. The van der Waals surface area contributed by atoms with Crippen molar-refractivity contribution >= 4 is 34.7 Å². The Hall–Kier alpha value is -2.51. The third-order valence-electron chi connectivity index (χ3n) is 3.63. The molecule has 0 unspecified atom stereocenters. The van der Waals surface area contributed by atoms with Gasteiger partial charge in [0.25, 0.3) is 0 Å². The van der Waals surface area contributed by atoms with Crippen LogP contribution in [-0.2, 0) is 6.18 Å². The Morgan fingerprint density at radius 3 is 2.54 bits per heavy atom. The van der Waals surface area contributed by atoms with Gasteiger partial charge in [0.2, 0.25) is 5.78 Å². The minimum Gasteiger partial charge on any atom is -0.398 e. The highest BCUT2D eigenvalue weighted by Crippen LogP contribution is 2.35. The maximum Gasteiger partial charge on any atom is 0.417 e. The zero-order valence-electron chi connectivity index (χ0n) is 12.9.